The predicted molar refractivity (Wildman–Crippen MR) is 190 cm³/mol. The summed E-state index contributed by atoms with van der Waals surface area (Å²) in [5.41, 5.74) is -1.65. The minimum atomic E-state index is -1.44. The highest BCUT2D eigenvalue weighted by Gasteiger charge is 2.72. The number of hydrogen-bond acceptors (Lipinski definition) is 9. The Morgan fingerprint density at radius 1 is 1.20 bits per heavy atom. The molecule has 266 valence electrons. The Morgan fingerprint density at radius 3 is 2.55 bits per heavy atom. The first kappa shape index (κ1) is 37.3. The van der Waals surface area contributed by atoms with Crippen molar-refractivity contribution in [1.82, 2.24) is 19.8 Å². The van der Waals surface area contributed by atoms with Crippen molar-refractivity contribution >= 4 is 60.5 Å². The molecule has 0 radical (unpaired) electrons. The Morgan fingerprint density at radius 2 is 1.92 bits per heavy atom. The Hall–Kier alpha value is -2.91. The molecule has 5 rings (SSSR count). The van der Waals surface area contributed by atoms with Gasteiger partial charge in [-0.25, -0.2) is 28.4 Å². The number of halogens is 3. The average molecular weight is 736 g/mol. The summed E-state index contributed by atoms with van der Waals surface area (Å²) >= 11 is 7.01. The third-order valence-corrected chi connectivity index (χ3v) is 12.0. The lowest BCUT2D eigenvalue weighted by molar-refractivity contribution is -0.136. The summed E-state index contributed by atoms with van der Waals surface area (Å²) in [4.78, 5) is 44.1. The molecule has 2 fully saturated rings. The summed E-state index contributed by atoms with van der Waals surface area (Å²) in [6, 6.07) is 5.10. The smallest absolute Gasteiger partial charge is 0.418 e. The molecule has 0 unspecified atom stereocenters. The minimum Gasteiger partial charge on any atom is -0.443 e. The van der Waals surface area contributed by atoms with Crippen molar-refractivity contribution in [2.75, 3.05) is 39.6 Å². The van der Waals surface area contributed by atoms with Crippen molar-refractivity contribution in [1.29, 1.82) is 0 Å². The van der Waals surface area contributed by atoms with E-state index in [0.717, 1.165) is 6.04 Å². The van der Waals surface area contributed by atoms with E-state index in [1.807, 2.05) is 0 Å². The number of nitrogens with zero attached hydrogens (tertiary/aromatic N) is 5. The van der Waals surface area contributed by atoms with E-state index < -0.39 is 47.6 Å². The van der Waals surface area contributed by atoms with Crippen LogP contribution < -0.4 is 0 Å². The summed E-state index contributed by atoms with van der Waals surface area (Å²) in [5, 5.41) is 0.321. The molecule has 10 nitrogen and oxygen atoms in total. The number of amidine groups is 1. The summed E-state index contributed by atoms with van der Waals surface area (Å²) < 4.78 is 47.5. The number of rotatable bonds is 9. The quantitative estimate of drug-likeness (QED) is 0.151. The van der Waals surface area contributed by atoms with E-state index in [0.29, 0.717) is 44.9 Å². The summed E-state index contributed by atoms with van der Waals surface area (Å²) in [6.45, 7) is 15.7. The zero-order valence-electron chi connectivity index (χ0n) is 29.0. The van der Waals surface area contributed by atoms with Crippen LogP contribution in [0.2, 0.25) is 30.8 Å². The molecule has 3 heterocycles. The van der Waals surface area contributed by atoms with Gasteiger partial charge in [0.25, 0.3) is 0 Å². The normalized spacial score (nSPS) is 24.2. The number of hydrogen-bond donors (Lipinski definition) is 0. The number of ether oxygens (including phenoxy) is 3. The zero-order valence-corrected chi connectivity index (χ0v) is 31.6. The van der Waals surface area contributed by atoms with Crippen LogP contribution in [0.3, 0.4) is 0 Å². The monoisotopic (exact) mass is 735 g/mol. The first-order valence-electron chi connectivity index (χ1n) is 16.3. The number of fused-ring (bicyclic) bond motifs is 1. The van der Waals surface area contributed by atoms with Gasteiger partial charge in [-0.3, -0.25) is 9.79 Å². The second-order valence-corrected chi connectivity index (χ2v) is 22.2. The molecule has 2 aliphatic heterocycles. The van der Waals surface area contributed by atoms with E-state index in [9.17, 15) is 9.59 Å². The van der Waals surface area contributed by atoms with Gasteiger partial charge in [-0.1, -0.05) is 49.1 Å². The van der Waals surface area contributed by atoms with Crippen LogP contribution in [0.15, 0.2) is 35.6 Å². The van der Waals surface area contributed by atoms with E-state index in [1.54, 1.807) is 32.6 Å². The topological polar surface area (TPSA) is 106 Å². The van der Waals surface area contributed by atoms with Gasteiger partial charge in [0, 0.05) is 39.3 Å². The lowest BCUT2D eigenvalue weighted by Crippen LogP contribution is -2.51. The molecule has 2 aromatic rings. The van der Waals surface area contributed by atoms with Crippen LogP contribution in [-0.2, 0) is 24.5 Å². The maximum absolute atomic E-state index is 16.0. The van der Waals surface area contributed by atoms with Gasteiger partial charge in [-0.15, -0.1) is 0 Å². The summed E-state index contributed by atoms with van der Waals surface area (Å²) in [6.07, 6.45) is 3.38. The molecule has 2 amide bonds. The van der Waals surface area contributed by atoms with Crippen molar-refractivity contribution in [2.45, 2.75) is 75.7 Å². The van der Waals surface area contributed by atoms with Crippen molar-refractivity contribution in [3.05, 3.63) is 58.4 Å². The molecule has 0 bridgehead atoms. The highest BCUT2D eigenvalue weighted by atomic mass is 35.5. The fourth-order valence-corrected chi connectivity index (χ4v) is 8.35. The SMILES string of the molecule is CC(C)(C)OC(=O)N(COCC[Si](C)(C)C)C1=N[C@](C)(c2cc(/C=C(\F)c3cnc(Cl)cn3)ccc2F)[C@@H]2C[C@]2(C(=O)N2CCOCC2)S1. The van der Waals surface area contributed by atoms with E-state index in [-0.39, 0.29) is 34.2 Å². The van der Waals surface area contributed by atoms with Gasteiger partial charge in [0.2, 0.25) is 5.91 Å². The Bertz CT molecular complexity index is 1630. The highest BCUT2D eigenvalue weighted by Crippen LogP contribution is 2.67. The lowest BCUT2D eigenvalue weighted by atomic mass is 9.84. The third kappa shape index (κ3) is 8.70. The minimum absolute atomic E-state index is 0.0321. The zero-order chi connectivity index (χ0) is 35.8. The standard InChI is InChI=1S/C34H44ClF2N5O5SSi/c1-32(2,3)47-31(44)42(21-46-14-15-49(5,6)7)30-40-33(4,27-18-34(27,48-30)29(43)41-10-12-45-13-11-41)23-16-22(8-9-24(23)36)17-25(37)26-19-39-28(35)20-38-26/h8-9,16-17,19-20,27H,10-15,18,21H2,1-7H3/b25-17-/t27-,33+,34-/m0/s1. The molecule has 1 aliphatic carbocycles. The van der Waals surface area contributed by atoms with Gasteiger partial charge in [0.15, 0.2) is 11.0 Å². The highest BCUT2D eigenvalue weighted by molar-refractivity contribution is 8.16. The van der Waals surface area contributed by atoms with Crippen LogP contribution in [0.4, 0.5) is 13.6 Å². The van der Waals surface area contributed by atoms with Crippen molar-refractivity contribution < 1.29 is 32.6 Å². The number of aromatic nitrogens is 2. The first-order valence-corrected chi connectivity index (χ1v) is 21.2. The fraction of sp³-hybridized carbons (Fsp3) is 0.559. The number of morpholine rings is 1. The lowest BCUT2D eigenvalue weighted by Gasteiger charge is -2.39. The molecule has 3 aliphatic rings. The van der Waals surface area contributed by atoms with E-state index in [2.05, 4.69) is 29.6 Å². The molecule has 0 spiro atoms. The van der Waals surface area contributed by atoms with E-state index in [4.69, 9.17) is 30.8 Å². The van der Waals surface area contributed by atoms with Crippen molar-refractivity contribution in [3.8, 4) is 0 Å². The maximum Gasteiger partial charge on any atom is 0.418 e. The Kier molecular flexibility index (Phi) is 11.0. The number of amides is 2. The van der Waals surface area contributed by atoms with Gasteiger partial charge in [-0.05, 0) is 63.9 Å². The number of thioether (sulfide) groups is 1. The van der Waals surface area contributed by atoms with Gasteiger partial charge in [0.05, 0.1) is 31.1 Å². The van der Waals surface area contributed by atoms with E-state index in [1.165, 1.54) is 53.3 Å². The molecule has 1 saturated carbocycles. The van der Waals surface area contributed by atoms with Crippen LogP contribution >= 0.6 is 23.4 Å². The number of aliphatic imine (C=N–C) groups is 1. The largest absolute Gasteiger partial charge is 0.443 e. The number of benzene rings is 1. The molecule has 1 aromatic carbocycles. The first-order chi connectivity index (χ1) is 22.9. The molecule has 15 heteroatoms. The van der Waals surface area contributed by atoms with Gasteiger partial charge >= 0.3 is 6.09 Å². The molecular weight excluding hydrogens is 692 g/mol. The van der Waals surface area contributed by atoms with Crippen LogP contribution in [0.1, 0.15) is 50.9 Å². The van der Waals surface area contributed by atoms with E-state index >= 15 is 8.78 Å². The van der Waals surface area contributed by atoms with Gasteiger partial charge in [0.1, 0.15) is 33.7 Å². The summed E-state index contributed by atoms with van der Waals surface area (Å²) in [7, 11) is -1.44. The van der Waals surface area contributed by atoms with Crippen LogP contribution in [0.25, 0.3) is 11.9 Å². The summed E-state index contributed by atoms with van der Waals surface area (Å²) in [5.74, 6) is -1.80. The molecular formula is C34H44ClF2N5O5SSi. The molecule has 1 aromatic heterocycles. The fourth-order valence-electron chi connectivity index (χ4n) is 5.86. The molecule has 3 atom stereocenters. The number of carbonyl (C=O) groups is 2. The van der Waals surface area contributed by atoms with Gasteiger partial charge in [-0.2, -0.15) is 0 Å². The second kappa shape index (κ2) is 14.4. The van der Waals surface area contributed by atoms with Crippen LogP contribution in [0, 0.1) is 11.7 Å². The second-order valence-electron chi connectivity index (χ2n) is 14.9. The predicted octanol–water partition coefficient (Wildman–Crippen LogP) is 7.22. The molecule has 0 N–H and O–H groups in total. The van der Waals surface area contributed by atoms with Crippen LogP contribution in [-0.4, -0.2) is 95.0 Å². The maximum atomic E-state index is 16.0. The third-order valence-electron chi connectivity index (χ3n) is 8.61. The average Bonchev–Trinajstić information content (AvgIpc) is 3.78. The van der Waals surface area contributed by atoms with Crippen LogP contribution in [0.5, 0.6) is 0 Å². The number of carbonyl (C=O) groups excluding carboxylic acids is 2. The Balaban J connectivity index is 1.57. The van der Waals surface area contributed by atoms with Crippen molar-refractivity contribution in [3.63, 3.8) is 0 Å². The van der Waals surface area contributed by atoms with Gasteiger partial charge < -0.3 is 19.1 Å². The molecule has 1 saturated heterocycles. The Labute approximate surface area is 296 Å². The molecule has 49 heavy (non-hydrogen) atoms. The van der Waals surface area contributed by atoms with Crippen molar-refractivity contribution in [2.24, 2.45) is 10.9 Å².